The summed E-state index contributed by atoms with van der Waals surface area (Å²) in [6, 6.07) is 6.15. The number of hydrogen-bond acceptors (Lipinski definition) is 6. The molecule has 0 radical (unpaired) electrons. The zero-order valence-electron chi connectivity index (χ0n) is 18.3. The van der Waals surface area contributed by atoms with Crippen molar-refractivity contribution in [2.75, 3.05) is 12.4 Å². The predicted molar refractivity (Wildman–Crippen MR) is 118 cm³/mol. The van der Waals surface area contributed by atoms with E-state index in [1.54, 1.807) is 0 Å². The Morgan fingerprint density at radius 1 is 1.23 bits per heavy atom. The fourth-order valence-corrected chi connectivity index (χ4v) is 4.39. The molecule has 1 fully saturated rings. The van der Waals surface area contributed by atoms with Crippen molar-refractivity contribution in [3.05, 3.63) is 29.6 Å². The van der Waals surface area contributed by atoms with Crippen LogP contribution in [0.4, 0.5) is 0 Å². The van der Waals surface area contributed by atoms with Crippen LogP contribution in [0.3, 0.4) is 0 Å². The van der Waals surface area contributed by atoms with Gasteiger partial charge in [0.1, 0.15) is 6.61 Å². The standard InChI is InChI=1S/C22H32N4O3S/c1-5-28-19-12-15(2)10-11-18(19)29-13-20-24-25-22(26(20)4)30-14-21(27)23-17-9-7-6-8-16(17)3/h10-12,16-17H,5-9,13-14H2,1-4H3,(H,23,27). The van der Waals surface area contributed by atoms with E-state index >= 15 is 0 Å². The Labute approximate surface area is 182 Å². The molecule has 1 aliphatic carbocycles. The van der Waals surface area contributed by atoms with Crippen LogP contribution in [0.2, 0.25) is 0 Å². The molecular formula is C22H32N4O3S. The van der Waals surface area contributed by atoms with Gasteiger partial charge >= 0.3 is 0 Å². The quantitative estimate of drug-likeness (QED) is 0.606. The number of carbonyl (C=O) groups is 1. The minimum Gasteiger partial charge on any atom is -0.490 e. The topological polar surface area (TPSA) is 78.3 Å². The summed E-state index contributed by atoms with van der Waals surface area (Å²) in [4.78, 5) is 12.4. The predicted octanol–water partition coefficient (Wildman–Crippen LogP) is 3.89. The molecule has 2 unspecified atom stereocenters. The third-order valence-corrected chi connectivity index (χ3v) is 6.49. The molecule has 0 saturated heterocycles. The van der Waals surface area contributed by atoms with Gasteiger partial charge in [-0.3, -0.25) is 4.79 Å². The maximum Gasteiger partial charge on any atom is 0.230 e. The summed E-state index contributed by atoms with van der Waals surface area (Å²) < 4.78 is 13.5. The van der Waals surface area contributed by atoms with Crippen LogP contribution < -0.4 is 14.8 Å². The van der Waals surface area contributed by atoms with Crippen molar-refractivity contribution < 1.29 is 14.3 Å². The van der Waals surface area contributed by atoms with Gasteiger partial charge in [0, 0.05) is 13.1 Å². The van der Waals surface area contributed by atoms with Gasteiger partial charge in [0.15, 0.2) is 22.5 Å². The summed E-state index contributed by atoms with van der Waals surface area (Å²) in [5.41, 5.74) is 1.11. The average Bonchev–Trinajstić information content (AvgIpc) is 3.07. The molecule has 1 aromatic heterocycles. The first-order valence-electron chi connectivity index (χ1n) is 10.6. The first-order chi connectivity index (χ1) is 14.5. The monoisotopic (exact) mass is 432 g/mol. The summed E-state index contributed by atoms with van der Waals surface area (Å²) >= 11 is 1.40. The molecule has 0 spiro atoms. The van der Waals surface area contributed by atoms with Crippen LogP contribution in [-0.4, -0.2) is 39.1 Å². The van der Waals surface area contributed by atoms with Gasteiger partial charge in [-0.2, -0.15) is 0 Å². The zero-order valence-corrected chi connectivity index (χ0v) is 19.1. The van der Waals surface area contributed by atoms with E-state index in [2.05, 4.69) is 22.4 Å². The number of rotatable bonds is 9. The van der Waals surface area contributed by atoms with Crippen molar-refractivity contribution in [1.82, 2.24) is 20.1 Å². The molecular weight excluding hydrogens is 400 g/mol. The van der Waals surface area contributed by atoms with Crippen LogP contribution in [0.5, 0.6) is 11.5 Å². The Balaban J connectivity index is 1.53. The van der Waals surface area contributed by atoms with Crippen molar-refractivity contribution >= 4 is 17.7 Å². The van der Waals surface area contributed by atoms with Crippen molar-refractivity contribution in [2.45, 2.75) is 64.3 Å². The molecule has 1 heterocycles. The third kappa shape index (κ3) is 5.90. The second-order valence-electron chi connectivity index (χ2n) is 7.85. The highest BCUT2D eigenvalue weighted by atomic mass is 32.2. The van der Waals surface area contributed by atoms with Gasteiger partial charge in [-0.05, 0) is 50.3 Å². The second-order valence-corrected chi connectivity index (χ2v) is 8.80. The molecule has 7 nitrogen and oxygen atoms in total. The summed E-state index contributed by atoms with van der Waals surface area (Å²) in [7, 11) is 1.89. The Morgan fingerprint density at radius 3 is 2.80 bits per heavy atom. The Hall–Kier alpha value is -2.22. The normalized spacial score (nSPS) is 18.8. The summed E-state index contributed by atoms with van der Waals surface area (Å²) in [6.45, 7) is 7.04. The minimum atomic E-state index is 0.0561. The number of ether oxygens (including phenoxy) is 2. The van der Waals surface area contributed by atoms with E-state index in [4.69, 9.17) is 9.47 Å². The molecule has 0 aliphatic heterocycles. The van der Waals surface area contributed by atoms with Gasteiger partial charge in [0.2, 0.25) is 5.91 Å². The summed E-state index contributed by atoms with van der Waals surface area (Å²) in [6.07, 6.45) is 4.73. The largest absolute Gasteiger partial charge is 0.490 e. The molecule has 30 heavy (non-hydrogen) atoms. The number of carbonyl (C=O) groups excluding carboxylic acids is 1. The number of aromatic nitrogens is 3. The first kappa shape index (κ1) is 22.5. The second kappa shape index (κ2) is 10.7. The van der Waals surface area contributed by atoms with E-state index < -0.39 is 0 Å². The molecule has 1 aromatic carbocycles. The minimum absolute atomic E-state index is 0.0561. The number of nitrogens with one attached hydrogen (secondary N) is 1. The lowest BCUT2D eigenvalue weighted by atomic mass is 9.86. The molecule has 1 aliphatic rings. The highest BCUT2D eigenvalue weighted by molar-refractivity contribution is 7.99. The van der Waals surface area contributed by atoms with Gasteiger partial charge in [-0.1, -0.05) is 37.6 Å². The number of aryl methyl sites for hydroxylation is 1. The fraction of sp³-hybridized carbons (Fsp3) is 0.591. The molecule has 3 rings (SSSR count). The number of nitrogens with zero attached hydrogens (tertiary/aromatic N) is 3. The molecule has 2 atom stereocenters. The van der Waals surface area contributed by atoms with Crippen molar-refractivity contribution in [3.8, 4) is 11.5 Å². The molecule has 1 saturated carbocycles. The van der Waals surface area contributed by atoms with Crippen molar-refractivity contribution in [1.29, 1.82) is 0 Å². The highest BCUT2D eigenvalue weighted by Crippen LogP contribution is 2.29. The number of benzene rings is 1. The maximum absolute atomic E-state index is 12.4. The van der Waals surface area contributed by atoms with Crippen molar-refractivity contribution in [3.63, 3.8) is 0 Å². The lowest BCUT2D eigenvalue weighted by molar-refractivity contribution is -0.119. The van der Waals surface area contributed by atoms with E-state index in [-0.39, 0.29) is 12.5 Å². The molecule has 1 N–H and O–H groups in total. The van der Waals surface area contributed by atoms with E-state index in [0.717, 1.165) is 17.7 Å². The summed E-state index contributed by atoms with van der Waals surface area (Å²) in [5.74, 6) is 3.04. The van der Waals surface area contributed by atoms with Crippen LogP contribution >= 0.6 is 11.8 Å². The first-order valence-corrected chi connectivity index (χ1v) is 11.6. The molecule has 1 amide bonds. The number of amides is 1. The van der Waals surface area contributed by atoms with Gasteiger partial charge in [-0.25, -0.2) is 0 Å². The average molecular weight is 433 g/mol. The smallest absolute Gasteiger partial charge is 0.230 e. The van der Waals surface area contributed by atoms with Gasteiger partial charge < -0.3 is 19.4 Å². The Morgan fingerprint density at radius 2 is 2.03 bits per heavy atom. The lowest BCUT2D eigenvalue weighted by Crippen LogP contribution is -2.41. The number of hydrogen-bond donors (Lipinski definition) is 1. The molecule has 2 aromatic rings. The third-order valence-electron chi connectivity index (χ3n) is 5.47. The number of thioether (sulfide) groups is 1. The maximum atomic E-state index is 12.4. The van der Waals surface area contributed by atoms with E-state index in [0.29, 0.717) is 41.0 Å². The van der Waals surface area contributed by atoms with E-state index in [1.807, 2.05) is 43.7 Å². The van der Waals surface area contributed by atoms with Gasteiger partial charge in [0.25, 0.3) is 0 Å². The Kier molecular flexibility index (Phi) is 8.01. The highest BCUT2D eigenvalue weighted by Gasteiger charge is 2.23. The summed E-state index contributed by atoms with van der Waals surface area (Å²) in [5, 5.41) is 12.3. The van der Waals surface area contributed by atoms with Gasteiger partial charge in [0.05, 0.1) is 12.4 Å². The van der Waals surface area contributed by atoms with Crippen molar-refractivity contribution in [2.24, 2.45) is 13.0 Å². The Bertz CT molecular complexity index is 855. The van der Waals surface area contributed by atoms with E-state index in [9.17, 15) is 4.79 Å². The van der Waals surface area contributed by atoms with Crippen LogP contribution in [0.15, 0.2) is 23.4 Å². The van der Waals surface area contributed by atoms with Crippen LogP contribution in [0.25, 0.3) is 0 Å². The van der Waals surface area contributed by atoms with Gasteiger partial charge in [-0.15, -0.1) is 10.2 Å². The zero-order chi connectivity index (χ0) is 21.5. The SMILES string of the molecule is CCOc1cc(C)ccc1OCc1nnc(SCC(=O)NC2CCCCC2C)n1C. The van der Waals surface area contributed by atoms with Crippen LogP contribution in [0.1, 0.15) is 50.9 Å². The van der Waals surface area contributed by atoms with E-state index in [1.165, 1.54) is 31.0 Å². The van der Waals surface area contributed by atoms with Crippen LogP contribution in [0, 0.1) is 12.8 Å². The fourth-order valence-electron chi connectivity index (χ4n) is 3.65. The molecule has 0 bridgehead atoms. The molecule has 164 valence electrons. The lowest BCUT2D eigenvalue weighted by Gasteiger charge is -2.29. The van der Waals surface area contributed by atoms with Crippen LogP contribution in [-0.2, 0) is 18.4 Å². The molecule has 8 heteroatoms.